The average molecular weight is 231 g/mol. The van der Waals surface area contributed by atoms with E-state index >= 15 is 0 Å². The molecule has 0 aliphatic heterocycles. The molecule has 4 heteroatoms. The highest BCUT2D eigenvalue weighted by Crippen LogP contribution is 2.22. The molecule has 0 heterocycles. The van der Waals surface area contributed by atoms with Crippen LogP contribution in [0.1, 0.15) is 39.5 Å². The summed E-state index contributed by atoms with van der Waals surface area (Å²) >= 11 is 0. The van der Waals surface area contributed by atoms with Crippen molar-refractivity contribution < 1.29 is 8.42 Å². The maximum atomic E-state index is 11.9. The highest BCUT2D eigenvalue weighted by atomic mass is 32.2. The summed E-state index contributed by atoms with van der Waals surface area (Å²) in [5.41, 5.74) is 0. The molecule has 0 spiro atoms. The predicted molar refractivity (Wildman–Crippen MR) is 63.1 cm³/mol. The summed E-state index contributed by atoms with van der Waals surface area (Å²) in [6, 6.07) is 0.188. The fraction of sp³-hybridized carbons (Fsp3) is 0.818. The Morgan fingerprint density at radius 1 is 1.47 bits per heavy atom. The van der Waals surface area contributed by atoms with E-state index < -0.39 is 10.0 Å². The van der Waals surface area contributed by atoms with Crippen LogP contribution in [0.25, 0.3) is 0 Å². The number of nitrogens with one attached hydrogen (secondary N) is 1. The molecule has 1 fully saturated rings. The Hall–Kier alpha value is -0.350. The van der Waals surface area contributed by atoms with Crippen LogP contribution < -0.4 is 4.72 Å². The lowest BCUT2D eigenvalue weighted by Gasteiger charge is -2.29. The largest absolute Gasteiger partial charge is 0.214 e. The van der Waals surface area contributed by atoms with Crippen molar-refractivity contribution in [2.75, 3.05) is 0 Å². The normalized spacial score (nSPS) is 21.7. The van der Waals surface area contributed by atoms with Crippen molar-refractivity contribution in [3.8, 4) is 0 Å². The Morgan fingerprint density at radius 2 is 2.07 bits per heavy atom. The fourth-order valence-electron chi connectivity index (χ4n) is 1.63. The third kappa shape index (κ3) is 3.31. The Balaban J connectivity index is 2.54. The maximum absolute atomic E-state index is 11.9. The molecule has 0 bridgehead atoms. The van der Waals surface area contributed by atoms with Crippen molar-refractivity contribution in [1.29, 1.82) is 0 Å². The van der Waals surface area contributed by atoms with Crippen molar-refractivity contribution >= 4 is 10.0 Å². The van der Waals surface area contributed by atoms with Gasteiger partial charge in [0.1, 0.15) is 0 Å². The molecule has 1 rings (SSSR count). The maximum Gasteiger partial charge on any atom is 0.214 e. The minimum atomic E-state index is -3.14. The van der Waals surface area contributed by atoms with E-state index in [1.165, 1.54) is 0 Å². The number of hydrogen-bond donors (Lipinski definition) is 1. The molecule has 0 radical (unpaired) electrons. The smallest absolute Gasteiger partial charge is 0.212 e. The monoisotopic (exact) mass is 231 g/mol. The van der Waals surface area contributed by atoms with Crippen molar-refractivity contribution in [3.63, 3.8) is 0 Å². The van der Waals surface area contributed by atoms with E-state index in [1.54, 1.807) is 13.0 Å². The minimum Gasteiger partial charge on any atom is -0.212 e. The first kappa shape index (κ1) is 12.7. The minimum absolute atomic E-state index is 0.125. The van der Waals surface area contributed by atoms with E-state index in [0.717, 1.165) is 25.7 Å². The van der Waals surface area contributed by atoms with E-state index in [9.17, 15) is 8.42 Å². The molecule has 0 aromatic rings. The fourth-order valence-corrected chi connectivity index (χ4v) is 3.26. The van der Waals surface area contributed by atoms with E-state index in [2.05, 4.69) is 11.3 Å². The molecule has 0 aromatic carbocycles. The topological polar surface area (TPSA) is 46.2 Å². The molecule has 2 atom stereocenters. The highest BCUT2D eigenvalue weighted by molar-refractivity contribution is 7.90. The number of rotatable bonds is 6. The molecule has 1 N–H and O–H groups in total. The zero-order chi connectivity index (χ0) is 11.5. The summed E-state index contributed by atoms with van der Waals surface area (Å²) in [4.78, 5) is 0. The van der Waals surface area contributed by atoms with E-state index in [0.29, 0.717) is 0 Å². The van der Waals surface area contributed by atoms with Crippen molar-refractivity contribution in [2.24, 2.45) is 5.92 Å². The van der Waals surface area contributed by atoms with Crippen LogP contribution >= 0.6 is 0 Å². The molecule has 15 heavy (non-hydrogen) atoms. The Morgan fingerprint density at radius 3 is 2.47 bits per heavy atom. The van der Waals surface area contributed by atoms with Crippen molar-refractivity contribution in [2.45, 2.75) is 50.8 Å². The first-order valence-corrected chi connectivity index (χ1v) is 7.14. The summed E-state index contributed by atoms with van der Waals surface area (Å²) < 4.78 is 26.6. The lowest BCUT2D eigenvalue weighted by Crippen LogP contribution is -2.45. The summed E-state index contributed by atoms with van der Waals surface area (Å²) in [7, 11) is -3.14. The van der Waals surface area contributed by atoms with Crippen LogP contribution in [0, 0.1) is 5.92 Å². The zero-order valence-electron chi connectivity index (χ0n) is 9.57. The Kier molecular flexibility index (Phi) is 4.34. The van der Waals surface area contributed by atoms with Gasteiger partial charge < -0.3 is 0 Å². The molecule has 0 saturated heterocycles. The number of sulfonamides is 1. The Bertz CT molecular complexity index is 307. The van der Waals surface area contributed by atoms with Gasteiger partial charge >= 0.3 is 0 Å². The van der Waals surface area contributed by atoms with Crippen LogP contribution in [0.3, 0.4) is 0 Å². The molecular weight excluding hydrogens is 210 g/mol. The predicted octanol–water partition coefficient (Wildman–Crippen LogP) is 2.06. The van der Waals surface area contributed by atoms with Gasteiger partial charge in [-0.3, -0.25) is 0 Å². The van der Waals surface area contributed by atoms with Crippen LogP contribution in [-0.2, 0) is 10.0 Å². The van der Waals surface area contributed by atoms with Gasteiger partial charge in [0.15, 0.2) is 0 Å². The van der Waals surface area contributed by atoms with E-state index in [4.69, 9.17) is 0 Å². The van der Waals surface area contributed by atoms with Crippen molar-refractivity contribution in [1.82, 2.24) is 4.72 Å². The van der Waals surface area contributed by atoms with Crippen LogP contribution in [0.15, 0.2) is 12.7 Å². The second-order valence-electron chi connectivity index (χ2n) is 4.50. The van der Waals surface area contributed by atoms with Gasteiger partial charge in [-0.05, 0) is 32.1 Å². The number of allylic oxidation sites excluding steroid dienone is 1. The highest BCUT2D eigenvalue weighted by Gasteiger charge is 2.30. The van der Waals surface area contributed by atoms with Gasteiger partial charge in [-0.25, -0.2) is 13.1 Å². The molecule has 1 saturated carbocycles. The first-order chi connectivity index (χ1) is 6.97. The lowest BCUT2D eigenvalue weighted by molar-refractivity contribution is 0.379. The van der Waals surface area contributed by atoms with Crippen LogP contribution in [0.2, 0.25) is 0 Å². The number of hydrogen-bond acceptors (Lipinski definition) is 2. The van der Waals surface area contributed by atoms with Crippen LogP contribution in [0.5, 0.6) is 0 Å². The molecular formula is C11H21NO2S. The van der Waals surface area contributed by atoms with Gasteiger partial charge in [0.2, 0.25) is 10.0 Å². The molecule has 0 amide bonds. The van der Waals surface area contributed by atoms with Gasteiger partial charge in [-0.2, -0.15) is 0 Å². The summed E-state index contributed by atoms with van der Waals surface area (Å²) in [5, 5.41) is -0.337. The zero-order valence-corrected chi connectivity index (χ0v) is 10.4. The second kappa shape index (κ2) is 5.12. The SMILES string of the molecule is C=CC[C@@H](C)[C@@H](C)S(=O)(=O)NC1CCC1. The quantitative estimate of drug-likeness (QED) is 0.711. The van der Waals surface area contributed by atoms with Crippen LogP contribution in [0.4, 0.5) is 0 Å². The van der Waals surface area contributed by atoms with E-state index in [-0.39, 0.29) is 17.2 Å². The molecule has 88 valence electrons. The standard InChI is InChI=1S/C11H21NO2S/c1-4-6-9(2)10(3)15(13,14)12-11-7-5-8-11/h4,9-12H,1,5-8H2,2-3H3/t9-,10-/m1/s1. The molecule has 1 aliphatic rings. The first-order valence-electron chi connectivity index (χ1n) is 5.59. The third-order valence-corrected chi connectivity index (χ3v) is 5.37. The molecule has 0 unspecified atom stereocenters. The molecule has 3 nitrogen and oxygen atoms in total. The van der Waals surface area contributed by atoms with Gasteiger partial charge in [0.25, 0.3) is 0 Å². The van der Waals surface area contributed by atoms with Gasteiger partial charge in [0.05, 0.1) is 5.25 Å². The average Bonchev–Trinajstić information content (AvgIpc) is 2.11. The second-order valence-corrected chi connectivity index (χ2v) is 6.57. The molecule has 0 aromatic heterocycles. The lowest BCUT2D eigenvalue weighted by atomic mass is 9.94. The summed E-state index contributed by atoms with van der Waals surface area (Å²) in [6.07, 6.45) is 5.64. The van der Waals surface area contributed by atoms with Gasteiger partial charge in [-0.15, -0.1) is 6.58 Å². The van der Waals surface area contributed by atoms with Gasteiger partial charge in [-0.1, -0.05) is 19.4 Å². The van der Waals surface area contributed by atoms with E-state index in [1.807, 2.05) is 6.92 Å². The van der Waals surface area contributed by atoms with Crippen LogP contribution in [-0.4, -0.2) is 19.7 Å². The van der Waals surface area contributed by atoms with Gasteiger partial charge in [0, 0.05) is 6.04 Å². The summed E-state index contributed by atoms with van der Waals surface area (Å²) in [5.74, 6) is 0.125. The molecule has 1 aliphatic carbocycles. The Labute approximate surface area is 93.0 Å². The third-order valence-electron chi connectivity index (χ3n) is 3.27. The summed E-state index contributed by atoms with van der Waals surface area (Å²) in [6.45, 7) is 7.36. The van der Waals surface area contributed by atoms with Crippen molar-refractivity contribution in [3.05, 3.63) is 12.7 Å².